The molecule has 1 saturated heterocycles. The first-order valence-corrected chi connectivity index (χ1v) is 11.7. The van der Waals surface area contributed by atoms with E-state index in [1.54, 1.807) is 28.0 Å². The van der Waals surface area contributed by atoms with E-state index in [0.717, 1.165) is 32.1 Å². The van der Waals surface area contributed by atoms with Crippen LogP contribution in [0.3, 0.4) is 0 Å². The van der Waals surface area contributed by atoms with Crippen LogP contribution >= 0.6 is 11.6 Å². The van der Waals surface area contributed by atoms with Crippen molar-refractivity contribution in [3.63, 3.8) is 0 Å². The Balaban J connectivity index is 1.43. The summed E-state index contributed by atoms with van der Waals surface area (Å²) in [5.74, 6) is -0.169. The van der Waals surface area contributed by atoms with Crippen LogP contribution in [0.2, 0.25) is 0 Å². The van der Waals surface area contributed by atoms with E-state index in [1.165, 1.54) is 4.90 Å². The van der Waals surface area contributed by atoms with Crippen LogP contribution in [0.15, 0.2) is 18.2 Å². The Labute approximate surface area is 187 Å². The van der Waals surface area contributed by atoms with E-state index in [1.807, 2.05) is 0 Å². The van der Waals surface area contributed by atoms with E-state index in [0.29, 0.717) is 61.6 Å². The quantitative estimate of drug-likeness (QED) is 0.515. The molecule has 0 unspecified atom stereocenters. The van der Waals surface area contributed by atoms with Crippen molar-refractivity contribution in [2.75, 3.05) is 32.1 Å². The zero-order valence-electron chi connectivity index (χ0n) is 17.6. The zero-order valence-corrected chi connectivity index (χ0v) is 18.4. The molecule has 4 rings (SSSR count). The lowest BCUT2D eigenvalue weighted by atomic mass is 9.94. The monoisotopic (exact) mass is 445 g/mol. The van der Waals surface area contributed by atoms with Crippen molar-refractivity contribution in [1.82, 2.24) is 14.7 Å². The number of nitrogens with zero attached hydrogens (tertiary/aromatic N) is 3. The maximum absolute atomic E-state index is 13.0. The van der Waals surface area contributed by atoms with Gasteiger partial charge in [0.25, 0.3) is 17.7 Å². The van der Waals surface area contributed by atoms with Crippen LogP contribution in [-0.4, -0.2) is 76.4 Å². The molecule has 7 nitrogen and oxygen atoms in total. The molecule has 2 fully saturated rings. The molecule has 1 saturated carbocycles. The average molecular weight is 446 g/mol. The van der Waals surface area contributed by atoms with Crippen LogP contribution < -0.4 is 0 Å². The van der Waals surface area contributed by atoms with Gasteiger partial charge in [0, 0.05) is 50.1 Å². The first-order valence-electron chi connectivity index (χ1n) is 11.2. The second-order valence-electron chi connectivity index (χ2n) is 8.50. The van der Waals surface area contributed by atoms with Gasteiger partial charge in [-0.25, -0.2) is 0 Å². The molecule has 1 aromatic rings. The average Bonchev–Trinajstić information content (AvgIpc) is 3.07. The number of amides is 4. The molecule has 1 aliphatic carbocycles. The summed E-state index contributed by atoms with van der Waals surface area (Å²) < 4.78 is 0. The number of alkyl halides is 1. The largest absolute Gasteiger partial charge is 0.339 e. The predicted octanol–water partition coefficient (Wildman–Crippen LogP) is 2.92. The number of hydrogen-bond donors (Lipinski definition) is 0. The Morgan fingerprint density at radius 1 is 0.903 bits per heavy atom. The first-order chi connectivity index (χ1) is 15.0. The predicted molar refractivity (Wildman–Crippen MR) is 116 cm³/mol. The summed E-state index contributed by atoms with van der Waals surface area (Å²) in [6, 6.07) is 4.77. The number of carbonyl (C=O) groups is 4. The summed E-state index contributed by atoms with van der Waals surface area (Å²) in [5, 5.41) is 0. The fraction of sp³-hybridized carbons (Fsp3) is 0.565. The molecule has 0 radical (unpaired) electrons. The van der Waals surface area contributed by atoms with Crippen molar-refractivity contribution < 1.29 is 19.2 Å². The molecular weight excluding hydrogens is 418 g/mol. The Kier molecular flexibility index (Phi) is 6.60. The number of fused-ring (bicyclic) bond motifs is 1. The normalized spacial score (nSPS) is 19.7. The number of rotatable bonds is 5. The lowest BCUT2D eigenvalue weighted by molar-refractivity contribution is -0.132. The summed E-state index contributed by atoms with van der Waals surface area (Å²) in [4.78, 5) is 55.9. The van der Waals surface area contributed by atoms with Crippen LogP contribution in [0.4, 0.5) is 0 Å². The fourth-order valence-corrected chi connectivity index (χ4v) is 4.91. The van der Waals surface area contributed by atoms with Crippen LogP contribution in [0.25, 0.3) is 0 Å². The summed E-state index contributed by atoms with van der Waals surface area (Å²) in [5.41, 5.74) is 1.13. The molecular formula is C23H28ClN3O4. The van der Waals surface area contributed by atoms with Crippen molar-refractivity contribution in [1.29, 1.82) is 0 Å². The molecule has 4 amide bonds. The number of imide groups is 1. The van der Waals surface area contributed by atoms with Crippen molar-refractivity contribution in [2.24, 2.45) is 0 Å². The minimum Gasteiger partial charge on any atom is -0.339 e. The van der Waals surface area contributed by atoms with Gasteiger partial charge in [0.05, 0.1) is 11.1 Å². The van der Waals surface area contributed by atoms with Gasteiger partial charge in [-0.1, -0.05) is 19.3 Å². The highest BCUT2D eigenvalue weighted by Crippen LogP contribution is 2.31. The van der Waals surface area contributed by atoms with E-state index in [9.17, 15) is 19.2 Å². The molecule has 0 atom stereocenters. The molecule has 2 aliphatic heterocycles. The highest BCUT2D eigenvalue weighted by molar-refractivity contribution is 6.22. The van der Waals surface area contributed by atoms with Gasteiger partial charge < -0.3 is 9.80 Å². The molecule has 0 spiro atoms. The number of carbonyl (C=O) groups excluding carboxylic acids is 4. The highest BCUT2D eigenvalue weighted by atomic mass is 35.5. The summed E-state index contributed by atoms with van der Waals surface area (Å²) in [6.45, 7) is 1.88. The third-order valence-electron chi connectivity index (χ3n) is 6.55. The van der Waals surface area contributed by atoms with Gasteiger partial charge in [-0.05, 0) is 37.5 Å². The lowest BCUT2D eigenvalue weighted by Gasteiger charge is -2.35. The molecule has 0 bridgehead atoms. The van der Waals surface area contributed by atoms with E-state index >= 15 is 0 Å². The van der Waals surface area contributed by atoms with Gasteiger partial charge in [0.1, 0.15) is 0 Å². The maximum Gasteiger partial charge on any atom is 0.261 e. The summed E-state index contributed by atoms with van der Waals surface area (Å²) in [6.07, 6.45) is 5.99. The van der Waals surface area contributed by atoms with E-state index < -0.39 is 0 Å². The maximum atomic E-state index is 13.0. The van der Waals surface area contributed by atoms with Crippen LogP contribution in [0, 0.1) is 0 Å². The third-order valence-corrected chi connectivity index (χ3v) is 6.82. The Bertz CT molecular complexity index is 889. The van der Waals surface area contributed by atoms with Crippen molar-refractivity contribution in [2.45, 2.75) is 51.0 Å². The first kappa shape index (κ1) is 21.8. The second-order valence-corrected chi connectivity index (χ2v) is 8.88. The molecule has 166 valence electrons. The minimum atomic E-state index is -0.281. The minimum absolute atomic E-state index is 0.0373. The summed E-state index contributed by atoms with van der Waals surface area (Å²) >= 11 is 5.66. The number of benzene rings is 1. The van der Waals surface area contributed by atoms with Gasteiger partial charge >= 0.3 is 0 Å². The Hall–Kier alpha value is -2.41. The fourth-order valence-electron chi connectivity index (χ4n) is 4.78. The molecule has 0 aromatic heterocycles. The molecule has 1 aromatic carbocycles. The standard InChI is InChI=1S/C23H28ClN3O4/c24-10-4-7-20(28)25-11-13-26(14-12-25)21(29)16-8-9-18-19(15-16)23(31)27(22(18)30)17-5-2-1-3-6-17/h8-9,15,17H,1-7,10-14H2. The van der Waals surface area contributed by atoms with E-state index in [2.05, 4.69) is 0 Å². The zero-order chi connectivity index (χ0) is 22.0. The van der Waals surface area contributed by atoms with Gasteiger partial charge in [-0.15, -0.1) is 11.6 Å². The van der Waals surface area contributed by atoms with Gasteiger partial charge in [-0.2, -0.15) is 0 Å². The molecule has 0 N–H and O–H groups in total. The number of piperazine rings is 1. The van der Waals surface area contributed by atoms with Crippen LogP contribution in [0.5, 0.6) is 0 Å². The van der Waals surface area contributed by atoms with Gasteiger partial charge in [-0.3, -0.25) is 24.1 Å². The van der Waals surface area contributed by atoms with E-state index in [4.69, 9.17) is 11.6 Å². The molecule has 3 aliphatic rings. The smallest absolute Gasteiger partial charge is 0.261 e. The van der Waals surface area contributed by atoms with Crippen molar-refractivity contribution in [3.8, 4) is 0 Å². The van der Waals surface area contributed by atoms with Crippen molar-refractivity contribution in [3.05, 3.63) is 34.9 Å². The van der Waals surface area contributed by atoms with E-state index in [-0.39, 0.29) is 29.7 Å². The topological polar surface area (TPSA) is 78.0 Å². The Morgan fingerprint density at radius 2 is 1.55 bits per heavy atom. The molecule has 31 heavy (non-hydrogen) atoms. The number of hydrogen-bond acceptors (Lipinski definition) is 4. The second kappa shape index (κ2) is 9.39. The van der Waals surface area contributed by atoms with Crippen LogP contribution in [0.1, 0.15) is 76.0 Å². The van der Waals surface area contributed by atoms with Crippen molar-refractivity contribution >= 4 is 35.2 Å². The van der Waals surface area contributed by atoms with Crippen LogP contribution in [-0.2, 0) is 4.79 Å². The Morgan fingerprint density at radius 3 is 2.23 bits per heavy atom. The van der Waals surface area contributed by atoms with Gasteiger partial charge in [0.15, 0.2) is 0 Å². The lowest BCUT2D eigenvalue weighted by Crippen LogP contribution is -2.50. The third kappa shape index (κ3) is 4.33. The SMILES string of the molecule is O=C(CCCCl)N1CCN(C(=O)c2ccc3c(c2)C(=O)N(C2CCCCC2)C3=O)CC1. The molecule has 8 heteroatoms. The molecule has 2 heterocycles. The van der Waals surface area contributed by atoms with Gasteiger partial charge in [0.2, 0.25) is 5.91 Å². The number of halogens is 1. The highest BCUT2D eigenvalue weighted by Gasteiger charge is 2.40. The summed E-state index contributed by atoms with van der Waals surface area (Å²) in [7, 11) is 0.